The van der Waals surface area contributed by atoms with Crippen LogP contribution in [0.25, 0.3) is 0 Å². The van der Waals surface area contributed by atoms with Crippen molar-refractivity contribution in [3.05, 3.63) is 47.2 Å². The highest BCUT2D eigenvalue weighted by molar-refractivity contribution is 5.33. The summed E-state index contributed by atoms with van der Waals surface area (Å²) in [7, 11) is 0. The molecule has 0 bridgehead atoms. The first-order valence-electron chi connectivity index (χ1n) is 8.31. The Morgan fingerprint density at radius 1 is 1.18 bits per heavy atom. The molecule has 0 saturated heterocycles. The monoisotopic (exact) mass is 302 g/mol. The van der Waals surface area contributed by atoms with Crippen LogP contribution in [0.15, 0.2) is 36.1 Å². The van der Waals surface area contributed by atoms with E-state index < -0.39 is 0 Å². The van der Waals surface area contributed by atoms with E-state index in [0.717, 1.165) is 13.0 Å². The Bertz CT molecular complexity index is 506. The maximum atomic E-state index is 5.86. The lowest BCUT2D eigenvalue weighted by Gasteiger charge is -2.30. The van der Waals surface area contributed by atoms with E-state index in [1.807, 2.05) is 6.26 Å². The van der Waals surface area contributed by atoms with Gasteiger partial charge in [0.15, 0.2) is 6.29 Å². The van der Waals surface area contributed by atoms with Crippen LogP contribution in [-0.4, -0.2) is 12.9 Å². The smallest absolute Gasteiger partial charge is 0.199 e. The predicted molar refractivity (Wildman–Crippen MR) is 91.9 cm³/mol. The van der Waals surface area contributed by atoms with E-state index in [1.165, 1.54) is 16.7 Å². The normalized spacial score (nSPS) is 22.4. The van der Waals surface area contributed by atoms with Crippen LogP contribution >= 0.6 is 0 Å². The van der Waals surface area contributed by atoms with Crippen molar-refractivity contribution in [1.29, 1.82) is 0 Å². The van der Waals surface area contributed by atoms with Crippen LogP contribution in [0.1, 0.15) is 65.0 Å². The van der Waals surface area contributed by atoms with Crippen LogP contribution in [-0.2, 0) is 14.9 Å². The SMILES string of the molecule is CC1=COC(OCC(C)C)CC1c1ccc(C(C)(C)C)cc1. The van der Waals surface area contributed by atoms with Crippen molar-refractivity contribution >= 4 is 0 Å². The Kier molecular flexibility index (Phi) is 5.33. The van der Waals surface area contributed by atoms with Crippen molar-refractivity contribution in [1.82, 2.24) is 0 Å². The molecule has 2 rings (SSSR count). The van der Waals surface area contributed by atoms with Crippen molar-refractivity contribution in [3.8, 4) is 0 Å². The van der Waals surface area contributed by atoms with Gasteiger partial charge in [0.1, 0.15) is 0 Å². The Morgan fingerprint density at radius 2 is 1.82 bits per heavy atom. The molecule has 0 aromatic heterocycles. The highest BCUT2D eigenvalue weighted by Crippen LogP contribution is 2.35. The zero-order valence-electron chi connectivity index (χ0n) is 14.8. The molecule has 0 saturated carbocycles. The summed E-state index contributed by atoms with van der Waals surface area (Å²) in [6.45, 7) is 13.9. The van der Waals surface area contributed by atoms with E-state index in [1.54, 1.807) is 0 Å². The largest absolute Gasteiger partial charge is 0.473 e. The zero-order chi connectivity index (χ0) is 16.3. The number of hydrogen-bond acceptors (Lipinski definition) is 2. The van der Waals surface area contributed by atoms with Gasteiger partial charge in [-0.15, -0.1) is 0 Å². The summed E-state index contributed by atoms with van der Waals surface area (Å²) in [6, 6.07) is 9.02. The second-order valence-electron chi connectivity index (χ2n) is 7.81. The highest BCUT2D eigenvalue weighted by Gasteiger charge is 2.26. The second kappa shape index (κ2) is 6.87. The molecule has 1 aliphatic rings. The Labute approximate surface area is 135 Å². The number of allylic oxidation sites excluding steroid dienone is 1. The van der Waals surface area contributed by atoms with E-state index in [9.17, 15) is 0 Å². The third-order valence-electron chi connectivity index (χ3n) is 4.18. The molecule has 0 fully saturated rings. The van der Waals surface area contributed by atoms with Gasteiger partial charge >= 0.3 is 0 Å². The lowest BCUT2D eigenvalue weighted by Crippen LogP contribution is -2.25. The third kappa shape index (κ3) is 4.36. The molecule has 22 heavy (non-hydrogen) atoms. The fourth-order valence-corrected chi connectivity index (χ4v) is 2.72. The topological polar surface area (TPSA) is 18.5 Å². The number of ether oxygens (including phenoxy) is 2. The molecule has 1 aliphatic heterocycles. The van der Waals surface area contributed by atoms with E-state index >= 15 is 0 Å². The number of rotatable bonds is 4. The summed E-state index contributed by atoms with van der Waals surface area (Å²) < 4.78 is 11.5. The predicted octanol–water partition coefficient (Wildman–Crippen LogP) is 5.39. The van der Waals surface area contributed by atoms with Crippen molar-refractivity contribution in [2.24, 2.45) is 5.92 Å². The van der Waals surface area contributed by atoms with E-state index in [2.05, 4.69) is 65.8 Å². The fourth-order valence-electron chi connectivity index (χ4n) is 2.72. The van der Waals surface area contributed by atoms with Gasteiger partial charge in [0.2, 0.25) is 0 Å². The molecule has 2 atom stereocenters. The first-order valence-corrected chi connectivity index (χ1v) is 8.31. The van der Waals surface area contributed by atoms with Crippen LogP contribution in [0.5, 0.6) is 0 Å². The van der Waals surface area contributed by atoms with Gasteiger partial charge in [0.25, 0.3) is 0 Å². The molecule has 0 amide bonds. The summed E-state index contributed by atoms with van der Waals surface area (Å²) in [4.78, 5) is 0. The summed E-state index contributed by atoms with van der Waals surface area (Å²) >= 11 is 0. The average molecular weight is 302 g/mol. The molecule has 0 radical (unpaired) electrons. The molecule has 0 aliphatic carbocycles. The lowest BCUT2D eigenvalue weighted by molar-refractivity contribution is -0.126. The maximum Gasteiger partial charge on any atom is 0.199 e. The minimum Gasteiger partial charge on any atom is -0.473 e. The van der Waals surface area contributed by atoms with Gasteiger partial charge in [0, 0.05) is 12.3 Å². The molecule has 0 N–H and O–H groups in total. The molecule has 2 unspecified atom stereocenters. The number of hydrogen-bond donors (Lipinski definition) is 0. The van der Waals surface area contributed by atoms with Gasteiger partial charge in [-0.25, -0.2) is 0 Å². The molecule has 0 spiro atoms. The highest BCUT2D eigenvalue weighted by atomic mass is 16.7. The van der Waals surface area contributed by atoms with Crippen LogP contribution in [0.3, 0.4) is 0 Å². The van der Waals surface area contributed by atoms with Gasteiger partial charge in [0.05, 0.1) is 12.9 Å². The first kappa shape index (κ1) is 17.1. The minimum atomic E-state index is -0.126. The summed E-state index contributed by atoms with van der Waals surface area (Å²) in [6.07, 6.45) is 2.64. The summed E-state index contributed by atoms with van der Waals surface area (Å²) in [5.41, 5.74) is 4.19. The lowest BCUT2D eigenvalue weighted by atomic mass is 9.83. The standard InChI is InChI=1S/C20H30O2/c1-14(2)12-21-19-11-18(15(3)13-22-19)16-7-9-17(10-8-16)20(4,5)6/h7-10,13-14,18-19H,11-12H2,1-6H3. The summed E-state index contributed by atoms with van der Waals surface area (Å²) in [5.74, 6) is 0.917. The second-order valence-corrected chi connectivity index (χ2v) is 7.81. The molecular formula is C20H30O2. The van der Waals surface area contributed by atoms with Gasteiger partial charge in [-0.2, -0.15) is 0 Å². The van der Waals surface area contributed by atoms with Crippen molar-refractivity contribution in [2.75, 3.05) is 6.61 Å². The van der Waals surface area contributed by atoms with Crippen LogP contribution < -0.4 is 0 Å². The van der Waals surface area contributed by atoms with Crippen molar-refractivity contribution in [2.45, 2.75) is 65.6 Å². The molecule has 122 valence electrons. The molecule has 2 heteroatoms. The van der Waals surface area contributed by atoms with Gasteiger partial charge in [-0.05, 0) is 35.0 Å². The first-order chi connectivity index (χ1) is 10.3. The quantitative estimate of drug-likeness (QED) is 0.742. The van der Waals surface area contributed by atoms with Crippen LogP contribution in [0.4, 0.5) is 0 Å². The van der Waals surface area contributed by atoms with E-state index in [0.29, 0.717) is 11.8 Å². The number of benzene rings is 1. The van der Waals surface area contributed by atoms with E-state index in [4.69, 9.17) is 9.47 Å². The molecular weight excluding hydrogens is 272 g/mol. The van der Waals surface area contributed by atoms with Crippen molar-refractivity contribution in [3.63, 3.8) is 0 Å². The van der Waals surface area contributed by atoms with Crippen LogP contribution in [0.2, 0.25) is 0 Å². The third-order valence-corrected chi connectivity index (χ3v) is 4.18. The Hall–Kier alpha value is -1.28. The minimum absolute atomic E-state index is 0.126. The van der Waals surface area contributed by atoms with Gasteiger partial charge < -0.3 is 9.47 Å². The average Bonchev–Trinajstić information content (AvgIpc) is 2.45. The summed E-state index contributed by atoms with van der Waals surface area (Å²) in [5, 5.41) is 0. The molecule has 2 nitrogen and oxygen atoms in total. The Morgan fingerprint density at radius 3 is 2.36 bits per heavy atom. The molecule has 1 aromatic rings. The van der Waals surface area contributed by atoms with Crippen LogP contribution in [0, 0.1) is 5.92 Å². The maximum absolute atomic E-state index is 5.86. The Balaban J connectivity index is 2.10. The van der Waals surface area contributed by atoms with Gasteiger partial charge in [-0.1, -0.05) is 58.9 Å². The zero-order valence-corrected chi connectivity index (χ0v) is 14.8. The molecule has 1 heterocycles. The van der Waals surface area contributed by atoms with Gasteiger partial charge in [-0.3, -0.25) is 0 Å². The molecule has 1 aromatic carbocycles. The van der Waals surface area contributed by atoms with Crippen molar-refractivity contribution < 1.29 is 9.47 Å². The van der Waals surface area contributed by atoms with E-state index in [-0.39, 0.29) is 11.7 Å². The fraction of sp³-hybridized carbons (Fsp3) is 0.600.